The maximum Gasteiger partial charge on any atom is 0.248 e. The molecule has 4 heteroatoms. The highest BCUT2D eigenvalue weighted by Gasteiger charge is 2.22. The Hall–Kier alpha value is -2.23. The second-order valence-electron chi connectivity index (χ2n) is 4.90. The van der Waals surface area contributed by atoms with Crippen LogP contribution in [0.15, 0.2) is 36.4 Å². The maximum absolute atomic E-state index is 11.9. The molecular weight excluding hydrogens is 266 g/mol. The molecule has 112 valence electrons. The minimum atomic E-state index is -0.194. The van der Waals surface area contributed by atoms with Crippen molar-refractivity contribution in [2.24, 2.45) is 0 Å². The fourth-order valence-corrected chi connectivity index (χ4v) is 2.24. The maximum atomic E-state index is 11.9. The molecule has 1 aliphatic rings. The summed E-state index contributed by atoms with van der Waals surface area (Å²) >= 11 is 0. The van der Waals surface area contributed by atoms with Crippen LogP contribution in [-0.4, -0.2) is 18.6 Å². The molecule has 1 amide bonds. The van der Waals surface area contributed by atoms with Crippen LogP contribution in [0, 0.1) is 0 Å². The van der Waals surface area contributed by atoms with Gasteiger partial charge < -0.3 is 14.8 Å². The number of anilines is 1. The van der Waals surface area contributed by atoms with Crippen molar-refractivity contribution in [2.75, 3.05) is 11.9 Å². The number of hydrogen-bond acceptors (Lipinski definition) is 3. The SMILES string of the molecule is C/C=C/C=C/C(=O)Nc1cc2c(cc1OCC)CC(C)O2. The molecule has 21 heavy (non-hydrogen) atoms. The van der Waals surface area contributed by atoms with Gasteiger partial charge in [-0.15, -0.1) is 0 Å². The summed E-state index contributed by atoms with van der Waals surface area (Å²) in [6.45, 7) is 6.39. The summed E-state index contributed by atoms with van der Waals surface area (Å²) in [4.78, 5) is 11.9. The van der Waals surface area contributed by atoms with E-state index < -0.39 is 0 Å². The van der Waals surface area contributed by atoms with Crippen molar-refractivity contribution in [1.29, 1.82) is 0 Å². The van der Waals surface area contributed by atoms with Gasteiger partial charge in [0.1, 0.15) is 17.6 Å². The Labute approximate surface area is 125 Å². The van der Waals surface area contributed by atoms with Gasteiger partial charge in [0.15, 0.2) is 0 Å². The monoisotopic (exact) mass is 287 g/mol. The van der Waals surface area contributed by atoms with Gasteiger partial charge in [0.2, 0.25) is 5.91 Å². The lowest BCUT2D eigenvalue weighted by Crippen LogP contribution is -2.09. The van der Waals surface area contributed by atoms with Crippen molar-refractivity contribution in [3.05, 3.63) is 42.0 Å². The smallest absolute Gasteiger partial charge is 0.248 e. The number of allylic oxidation sites excluding steroid dienone is 3. The van der Waals surface area contributed by atoms with E-state index in [1.165, 1.54) is 6.08 Å². The summed E-state index contributed by atoms with van der Waals surface area (Å²) in [6.07, 6.45) is 7.87. The Bertz CT molecular complexity index is 576. The second-order valence-corrected chi connectivity index (χ2v) is 4.90. The van der Waals surface area contributed by atoms with Gasteiger partial charge in [0.05, 0.1) is 12.3 Å². The van der Waals surface area contributed by atoms with Crippen LogP contribution in [0.3, 0.4) is 0 Å². The van der Waals surface area contributed by atoms with Gasteiger partial charge in [-0.25, -0.2) is 0 Å². The average molecular weight is 287 g/mol. The lowest BCUT2D eigenvalue weighted by atomic mass is 10.1. The largest absolute Gasteiger partial charge is 0.492 e. The van der Waals surface area contributed by atoms with Gasteiger partial charge in [-0.05, 0) is 26.8 Å². The zero-order valence-electron chi connectivity index (χ0n) is 12.7. The first-order valence-corrected chi connectivity index (χ1v) is 7.20. The highest BCUT2D eigenvalue weighted by molar-refractivity contribution is 6.00. The van der Waals surface area contributed by atoms with E-state index in [4.69, 9.17) is 9.47 Å². The molecule has 1 aromatic rings. The zero-order chi connectivity index (χ0) is 15.2. The van der Waals surface area contributed by atoms with E-state index in [-0.39, 0.29) is 12.0 Å². The van der Waals surface area contributed by atoms with Gasteiger partial charge in [-0.2, -0.15) is 0 Å². The summed E-state index contributed by atoms with van der Waals surface area (Å²) in [5, 5.41) is 2.83. The van der Waals surface area contributed by atoms with Crippen molar-refractivity contribution in [2.45, 2.75) is 33.3 Å². The third-order valence-corrected chi connectivity index (χ3v) is 3.11. The molecule has 0 fully saturated rings. The topological polar surface area (TPSA) is 47.6 Å². The van der Waals surface area contributed by atoms with Crippen LogP contribution in [-0.2, 0) is 11.2 Å². The highest BCUT2D eigenvalue weighted by atomic mass is 16.5. The Balaban J connectivity index is 2.21. The molecule has 0 saturated heterocycles. The number of hydrogen-bond donors (Lipinski definition) is 1. The van der Waals surface area contributed by atoms with Crippen LogP contribution >= 0.6 is 0 Å². The number of carbonyl (C=O) groups is 1. The molecule has 0 aromatic heterocycles. The van der Waals surface area contributed by atoms with E-state index in [1.54, 1.807) is 12.2 Å². The first kappa shape index (κ1) is 15.2. The summed E-state index contributed by atoms with van der Waals surface area (Å²) < 4.78 is 11.3. The molecule has 4 nitrogen and oxygen atoms in total. The number of amides is 1. The lowest BCUT2D eigenvalue weighted by molar-refractivity contribution is -0.111. The molecule has 1 aromatic carbocycles. The Morgan fingerprint density at radius 2 is 2.29 bits per heavy atom. The molecule has 0 spiro atoms. The van der Waals surface area contributed by atoms with Gasteiger partial charge in [0, 0.05) is 24.1 Å². The number of rotatable bonds is 5. The fourth-order valence-electron chi connectivity index (χ4n) is 2.24. The summed E-state index contributed by atoms with van der Waals surface area (Å²) in [5.41, 5.74) is 1.76. The van der Waals surface area contributed by atoms with Crippen molar-refractivity contribution in [1.82, 2.24) is 0 Å². The first-order valence-electron chi connectivity index (χ1n) is 7.20. The number of fused-ring (bicyclic) bond motifs is 1. The van der Waals surface area contributed by atoms with Crippen molar-refractivity contribution in [3.63, 3.8) is 0 Å². The van der Waals surface area contributed by atoms with E-state index in [0.29, 0.717) is 18.0 Å². The van der Waals surface area contributed by atoms with Crippen LogP contribution < -0.4 is 14.8 Å². The highest BCUT2D eigenvalue weighted by Crippen LogP contribution is 2.38. The zero-order valence-corrected chi connectivity index (χ0v) is 12.7. The molecule has 0 aliphatic carbocycles. The van der Waals surface area contributed by atoms with Gasteiger partial charge >= 0.3 is 0 Å². The van der Waals surface area contributed by atoms with Crippen molar-refractivity contribution >= 4 is 11.6 Å². The minimum Gasteiger partial charge on any atom is -0.492 e. The van der Waals surface area contributed by atoms with E-state index >= 15 is 0 Å². The van der Waals surface area contributed by atoms with Crippen LogP contribution in [0.5, 0.6) is 11.5 Å². The standard InChI is InChI=1S/C17H21NO3/c1-4-6-7-8-17(19)18-14-11-15-13(9-12(3)21-15)10-16(14)20-5-2/h4,6-8,10-12H,5,9H2,1-3H3,(H,18,19)/b6-4+,8-7+. The predicted molar refractivity (Wildman–Crippen MR) is 84.0 cm³/mol. The fraction of sp³-hybridized carbons (Fsp3) is 0.353. The van der Waals surface area contributed by atoms with Crippen molar-refractivity contribution in [3.8, 4) is 11.5 Å². The molecular formula is C17H21NO3. The lowest BCUT2D eigenvalue weighted by Gasteiger charge is -2.12. The summed E-state index contributed by atoms with van der Waals surface area (Å²) in [7, 11) is 0. The second kappa shape index (κ2) is 6.97. The van der Waals surface area contributed by atoms with E-state index in [1.807, 2.05) is 39.0 Å². The third kappa shape index (κ3) is 3.88. The molecule has 0 saturated carbocycles. The molecule has 2 rings (SSSR count). The van der Waals surface area contributed by atoms with Crippen molar-refractivity contribution < 1.29 is 14.3 Å². The molecule has 0 radical (unpaired) electrons. The molecule has 1 unspecified atom stereocenters. The number of carbonyl (C=O) groups excluding carboxylic acids is 1. The summed E-state index contributed by atoms with van der Waals surface area (Å²) in [6, 6.07) is 3.79. The van der Waals surface area contributed by atoms with Gasteiger partial charge in [-0.3, -0.25) is 4.79 Å². The molecule has 1 heterocycles. The number of ether oxygens (including phenoxy) is 2. The van der Waals surface area contributed by atoms with Crippen LogP contribution in [0.4, 0.5) is 5.69 Å². The van der Waals surface area contributed by atoms with E-state index in [0.717, 1.165) is 17.7 Å². The van der Waals surface area contributed by atoms with Crippen LogP contribution in [0.25, 0.3) is 0 Å². The van der Waals surface area contributed by atoms with Crippen LogP contribution in [0.2, 0.25) is 0 Å². The Morgan fingerprint density at radius 1 is 1.48 bits per heavy atom. The van der Waals surface area contributed by atoms with Crippen LogP contribution in [0.1, 0.15) is 26.3 Å². The molecule has 1 aliphatic heterocycles. The molecule has 0 bridgehead atoms. The Morgan fingerprint density at radius 3 is 3.00 bits per heavy atom. The first-order chi connectivity index (χ1) is 10.1. The van der Waals surface area contributed by atoms with E-state index in [9.17, 15) is 4.79 Å². The summed E-state index contributed by atoms with van der Waals surface area (Å²) in [5.74, 6) is 1.31. The number of benzene rings is 1. The predicted octanol–water partition coefficient (Wildman–Crippen LogP) is 3.48. The quantitative estimate of drug-likeness (QED) is 0.666. The normalized spacial score (nSPS) is 17.0. The van der Waals surface area contributed by atoms with E-state index in [2.05, 4.69) is 5.32 Å². The Kier molecular flexibility index (Phi) is 5.04. The number of nitrogens with one attached hydrogen (secondary N) is 1. The average Bonchev–Trinajstić information content (AvgIpc) is 2.79. The van der Waals surface area contributed by atoms with Gasteiger partial charge in [0.25, 0.3) is 0 Å². The molecule has 1 N–H and O–H groups in total. The minimum absolute atomic E-state index is 0.162. The van der Waals surface area contributed by atoms with Gasteiger partial charge in [-0.1, -0.05) is 18.2 Å². The third-order valence-electron chi connectivity index (χ3n) is 3.11. The molecule has 1 atom stereocenters.